The zero-order valence-electron chi connectivity index (χ0n) is 8.95. The van der Waals surface area contributed by atoms with E-state index in [1.807, 2.05) is 30.5 Å². The Hall–Kier alpha value is -0.780. The smallest absolute Gasteiger partial charge is 0.189 e. The largest absolute Gasteiger partial charge is 0.338 e. The molecule has 17 heavy (non-hydrogen) atoms. The Balaban J connectivity index is 2.32. The molecule has 2 rings (SSSR count). The van der Waals surface area contributed by atoms with Crippen molar-refractivity contribution in [3.63, 3.8) is 0 Å². The molecule has 1 aromatic carbocycles. The van der Waals surface area contributed by atoms with Crippen molar-refractivity contribution in [1.29, 1.82) is 0 Å². The molecule has 6 heteroatoms. The monoisotopic (exact) mass is 329 g/mol. The van der Waals surface area contributed by atoms with E-state index in [2.05, 4.69) is 31.2 Å². The van der Waals surface area contributed by atoms with E-state index in [1.165, 1.54) is 11.8 Å². The van der Waals surface area contributed by atoms with E-state index >= 15 is 0 Å². The second kappa shape index (κ2) is 5.71. The van der Waals surface area contributed by atoms with Crippen LogP contribution >= 0.6 is 39.3 Å². The molecule has 0 aliphatic carbocycles. The molecule has 1 N–H and O–H groups in total. The summed E-state index contributed by atoms with van der Waals surface area (Å²) in [6.45, 7) is 0. The number of benzene rings is 1. The Bertz CT molecular complexity index is 536. The molecule has 0 saturated heterocycles. The van der Waals surface area contributed by atoms with Gasteiger partial charge in [0.05, 0.1) is 15.2 Å². The summed E-state index contributed by atoms with van der Waals surface area (Å²) in [6.07, 6.45) is 3.65. The van der Waals surface area contributed by atoms with Crippen molar-refractivity contribution in [3.8, 4) is 0 Å². The number of nitrogens with one attached hydrogen (secondary N) is 1. The fraction of sp³-hybridized carbons (Fsp3) is 0.0909. The summed E-state index contributed by atoms with van der Waals surface area (Å²) in [4.78, 5) is 8.52. The summed E-state index contributed by atoms with van der Waals surface area (Å²) in [7, 11) is 0. The van der Waals surface area contributed by atoms with Crippen LogP contribution in [0.1, 0.15) is 0 Å². The number of rotatable bonds is 3. The van der Waals surface area contributed by atoms with Crippen molar-refractivity contribution in [1.82, 2.24) is 9.97 Å². The molecular weight excluding hydrogens is 322 g/mol. The lowest BCUT2D eigenvalue weighted by atomic mass is 10.3. The van der Waals surface area contributed by atoms with E-state index in [0.29, 0.717) is 16.0 Å². The molecule has 0 radical (unpaired) electrons. The van der Waals surface area contributed by atoms with E-state index in [4.69, 9.17) is 11.6 Å². The summed E-state index contributed by atoms with van der Waals surface area (Å²) < 4.78 is 0.801. The van der Waals surface area contributed by atoms with Gasteiger partial charge in [-0.1, -0.05) is 35.5 Å². The third-order valence-corrected chi connectivity index (χ3v) is 3.50. The first-order valence-corrected chi connectivity index (χ1v) is 7.18. The summed E-state index contributed by atoms with van der Waals surface area (Å²) in [5.74, 6) is 0.706. The van der Waals surface area contributed by atoms with E-state index in [1.54, 1.807) is 6.20 Å². The Kier molecular flexibility index (Phi) is 4.25. The highest BCUT2D eigenvalue weighted by atomic mass is 79.9. The Morgan fingerprint density at radius 3 is 2.82 bits per heavy atom. The van der Waals surface area contributed by atoms with Gasteiger partial charge in [0.2, 0.25) is 0 Å². The van der Waals surface area contributed by atoms with E-state index in [0.717, 1.165) is 10.2 Å². The van der Waals surface area contributed by atoms with Crippen LogP contribution < -0.4 is 5.32 Å². The number of hydrogen-bond donors (Lipinski definition) is 1. The maximum absolute atomic E-state index is 6.07. The van der Waals surface area contributed by atoms with Gasteiger partial charge in [0, 0.05) is 6.20 Å². The first-order chi connectivity index (χ1) is 8.20. The highest BCUT2D eigenvalue weighted by molar-refractivity contribution is 9.10. The number of para-hydroxylation sites is 1. The Morgan fingerprint density at radius 1 is 1.35 bits per heavy atom. The number of nitrogens with zero attached hydrogens (tertiary/aromatic N) is 2. The van der Waals surface area contributed by atoms with Gasteiger partial charge in [0.25, 0.3) is 0 Å². The molecule has 0 atom stereocenters. The van der Waals surface area contributed by atoms with Crippen LogP contribution in [0.4, 0.5) is 11.5 Å². The minimum Gasteiger partial charge on any atom is -0.338 e. The predicted octanol–water partition coefficient (Wildman–Crippen LogP) is 4.36. The molecule has 0 unspecified atom stereocenters. The zero-order chi connectivity index (χ0) is 12.3. The topological polar surface area (TPSA) is 37.8 Å². The maximum atomic E-state index is 6.07. The molecule has 88 valence electrons. The lowest BCUT2D eigenvalue weighted by Gasteiger charge is -2.09. The second-order valence-corrected chi connectivity index (χ2v) is 5.19. The maximum Gasteiger partial charge on any atom is 0.189 e. The fourth-order valence-electron chi connectivity index (χ4n) is 1.23. The molecule has 0 fully saturated rings. The van der Waals surface area contributed by atoms with Crippen LogP contribution in [0.15, 0.2) is 40.1 Å². The molecule has 1 heterocycles. The van der Waals surface area contributed by atoms with E-state index < -0.39 is 0 Å². The highest BCUT2D eigenvalue weighted by Crippen LogP contribution is 2.28. The van der Waals surface area contributed by atoms with Gasteiger partial charge < -0.3 is 5.32 Å². The standard InChI is InChI=1S/C11H9BrClN3S/c1-17-11-14-6-7(12)10(16-11)15-9-5-3-2-4-8(9)13/h2-6H,1H3,(H,14,15,16). The number of anilines is 2. The Labute approximate surface area is 117 Å². The normalized spacial score (nSPS) is 10.3. The molecular formula is C11H9BrClN3S. The van der Waals surface area contributed by atoms with Crippen molar-refractivity contribution in [2.75, 3.05) is 11.6 Å². The van der Waals surface area contributed by atoms with Crippen LogP contribution in [-0.4, -0.2) is 16.2 Å². The first kappa shape index (κ1) is 12.7. The molecule has 0 aliphatic heterocycles. The summed E-state index contributed by atoms with van der Waals surface area (Å²) in [5, 5.41) is 4.54. The van der Waals surface area contributed by atoms with Crippen molar-refractivity contribution in [3.05, 3.63) is 40.0 Å². The second-order valence-electron chi connectivity index (χ2n) is 3.16. The van der Waals surface area contributed by atoms with Crippen molar-refractivity contribution < 1.29 is 0 Å². The summed E-state index contributed by atoms with van der Waals surface area (Å²) in [5.41, 5.74) is 0.820. The molecule has 0 saturated carbocycles. The lowest BCUT2D eigenvalue weighted by molar-refractivity contribution is 0.967. The van der Waals surface area contributed by atoms with Crippen LogP contribution in [0.5, 0.6) is 0 Å². The Morgan fingerprint density at radius 2 is 2.12 bits per heavy atom. The summed E-state index contributed by atoms with van der Waals surface area (Å²) >= 11 is 11.0. The average molecular weight is 331 g/mol. The van der Waals surface area contributed by atoms with Gasteiger partial charge in [0.1, 0.15) is 5.82 Å². The number of aromatic nitrogens is 2. The van der Waals surface area contributed by atoms with Crippen LogP contribution in [0.25, 0.3) is 0 Å². The molecule has 2 aromatic rings. The average Bonchev–Trinajstić information content (AvgIpc) is 2.35. The quantitative estimate of drug-likeness (QED) is 0.670. The minimum atomic E-state index is 0.656. The van der Waals surface area contributed by atoms with E-state index in [-0.39, 0.29) is 0 Å². The van der Waals surface area contributed by atoms with Crippen molar-refractivity contribution in [2.45, 2.75) is 5.16 Å². The molecule has 0 spiro atoms. The zero-order valence-corrected chi connectivity index (χ0v) is 12.1. The van der Waals surface area contributed by atoms with Crippen LogP contribution in [0.2, 0.25) is 5.02 Å². The van der Waals surface area contributed by atoms with Crippen LogP contribution in [-0.2, 0) is 0 Å². The third kappa shape index (κ3) is 3.12. The first-order valence-electron chi connectivity index (χ1n) is 4.79. The fourth-order valence-corrected chi connectivity index (χ4v) is 2.04. The minimum absolute atomic E-state index is 0.656. The molecule has 1 aromatic heterocycles. The van der Waals surface area contributed by atoms with Crippen LogP contribution in [0.3, 0.4) is 0 Å². The summed E-state index contributed by atoms with van der Waals surface area (Å²) in [6, 6.07) is 7.53. The number of thioether (sulfide) groups is 1. The SMILES string of the molecule is CSc1ncc(Br)c(Nc2ccccc2Cl)n1. The van der Waals surface area contributed by atoms with Gasteiger partial charge in [-0.15, -0.1) is 0 Å². The third-order valence-electron chi connectivity index (χ3n) is 2.03. The lowest BCUT2D eigenvalue weighted by Crippen LogP contribution is -1.97. The van der Waals surface area contributed by atoms with Gasteiger partial charge >= 0.3 is 0 Å². The molecule has 0 amide bonds. The highest BCUT2D eigenvalue weighted by Gasteiger charge is 2.06. The molecule has 0 bridgehead atoms. The number of halogens is 2. The van der Waals surface area contributed by atoms with Gasteiger partial charge in [-0.2, -0.15) is 0 Å². The predicted molar refractivity (Wildman–Crippen MR) is 76.2 cm³/mol. The van der Waals surface area contributed by atoms with Gasteiger partial charge in [0.15, 0.2) is 5.16 Å². The van der Waals surface area contributed by atoms with Crippen molar-refractivity contribution >= 4 is 50.8 Å². The molecule has 3 nitrogen and oxygen atoms in total. The van der Waals surface area contributed by atoms with Crippen molar-refractivity contribution in [2.24, 2.45) is 0 Å². The number of hydrogen-bond acceptors (Lipinski definition) is 4. The van der Waals surface area contributed by atoms with Gasteiger partial charge in [-0.25, -0.2) is 9.97 Å². The van der Waals surface area contributed by atoms with E-state index in [9.17, 15) is 0 Å². The van der Waals surface area contributed by atoms with Gasteiger partial charge in [-0.3, -0.25) is 0 Å². The van der Waals surface area contributed by atoms with Crippen LogP contribution in [0, 0.1) is 0 Å². The molecule has 0 aliphatic rings. The van der Waals surface area contributed by atoms with Gasteiger partial charge in [-0.05, 0) is 34.3 Å².